The number of alkyl halides is 3. The van der Waals surface area contributed by atoms with E-state index in [0.29, 0.717) is 0 Å². The topological polar surface area (TPSA) is 45.7 Å². The van der Waals surface area contributed by atoms with Crippen LogP contribution in [0.15, 0.2) is 16.7 Å². The summed E-state index contributed by atoms with van der Waals surface area (Å²) in [6.07, 6.45) is -4.01. The van der Waals surface area contributed by atoms with Crippen LogP contribution in [0.25, 0.3) is 0 Å². The van der Waals surface area contributed by atoms with Gasteiger partial charge in [0.05, 0.1) is 18.7 Å². The van der Waals surface area contributed by atoms with Gasteiger partial charge in [-0.3, -0.25) is 4.79 Å². The summed E-state index contributed by atoms with van der Waals surface area (Å²) in [5, 5.41) is 0. The number of hydrogen-bond acceptors (Lipinski definition) is 4. The maximum atomic E-state index is 13.2. The van der Waals surface area contributed by atoms with E-state index in [-0.39, 0.29) is 35.9 Å². The van der Waals surface area contributed by atoms with E-state index in [9.17, 15) is 18.0 Å². The third kappa shape index (κ3) is 3.70. The largest absolute Gasteiger partial charge is 0.419 e. The van der Waals surface area contributed by atoms with Crippen LogP contribution in [0, 0.1) is 0 Å². The molecule has 0 aliphatic carbocycles. The van der Waals surface area contributed by atoms with Crippen molar-refractivity contribution < 1.29 is 22.7 Å². The Labute approximate surface area is 134 Å². The number of rotatable bonds is 2. The van der Waals surface area contributed by atoms with Crippen molar-refractivity contribution in [2.45, 2.75) is 12.3 Å². The predicted octanol–water partition coefficient (Wildman–Crippen LogP) is 2.16. The monoisotopic (exact) mass is 381 g/mol. The second-order valence-corrected chi connectivity index (χ2v) is 5.98. The first kappa shape index (κ1) is 17.0. The third-order valence-electron chi connectivity index (χ3n) is 3.22. The van der Waals surface area contributed by atoms with Gasteiger partial charge in [-0.05, 0) is 22.0 Å². The van der Waals surface area contributed by atoms with Gasteiger partial charge in [0.1, 0.15) is 5.82 Å². The quantitative estimate of drug-likeness (QED) is 0.787. The highest BCUT2D eigenvalue weighted by molar-refractivity contribution is 9.10. The summed E-state index contributed by atoms with van der Waals surface area (Å²) in [6, 6.07) is 0.987. The van der Waals surface area contributed by atoms with Crippen LogP contribution in [0.1, 0.15) is 5.56 Å². The predicted molar refractivity (Wildman–Crippen MR) is 77.6 cm³/mol. The molecule has 0 N–H and O–H groups in total. The van der Waals surface area contributed by atoms with Crippen molar-refractivity contribution >= 4 is 27.7 Å². The van der Waals surface area contributed by atoms with Crippen LogP contribution < -0.4 is 4.90 Å². The second kappa shape index (κ2) is 6.41. The van der Waals surface area contributed by atoms with Crippen LogP contribution >= 0.6 is 15.9 Å². The number of anilines is 1. The van der Waals surface area contributed by atoms with Crippen LogP contribution in [0.4, 0.5) is 19.0 Å². The van der Waals surface area contributed by atoms with Crippen molar-refractivity contribution in [3.05, 3.63) is 22.3 Å². The number of pyridine rings is 1. The van der Waals surface area contributed by atoms with Gasteiger partial charge in [-0.15, -0.1) is 0 Å². The zero-order valence-corrected chi connectivity index (χ0v) is 13.6. The summed E-state index contributed by atoms with van der Waals surface area (Å²) in [5.74, 6) is -0.467. The fourth-order valence-corrected chi connectivity index (χ4v) is 2.50. The maximum Gasteiger partial charge on any atom is 0.419 e. The summed E-state index contributed by atoms with van der Waals surface area (Å²) >= 11 is 3.00. The molecule has 5 nitrogen and oxygen atoms in total. The average molecular weight is 382 g/mol. The minimum Gasteiger partial charge on any atom is -0.365 e. The maximum absolute atomic E-state index is 13.2. The van der Waals surface area contributed by atoms with E-state index in [4.69, 9.17) is 4.74 Å². The molecule has 1 saturated heterocycles. The Kier molecular flexibility index (Phi) is 4.96. The van der Waals surface area contributed by atoms with Crippen LogP contribution in [0.5, 0.6) is 0 Å². The van der Waals surface area contributed by atoms with Gasteiger partial charge in [0.2, 0.25) is 0 Å². The fraction of sp³-hybridized carbons (Fsp3) is 0.538. The Balaban J connectivity index is 2.30. The standard InChI is InChI=1S/C13H15BrF3N3O2/c1-19(2)12(21)10-7-20(3-4-22-10)11-9(13(15,16)17)5-8(14)6-18-11/h5-6,10H,3-4,7H2,1-2H3. The molecule has 0 saturated carbocycles. The molecule has 122 valence electrons. The normalized spacial score (nSPS) is 19.2. The number of carbonyl (C=O) groups excluding carboxylic acids is 1. The average Bonchev–Trinajstić information content (AvgIpc) is 2.45. The minimum atomic E-state index is -4.52. The first-order chi connectivity index (χ1) is 10.2. The molecule has 0 aromatic carbocycles. The van der Waals surface area contributed by atoms with Gasteiger partial charge in [-0.25, -0.2) is 4.98 Å². The summed E-state index contributed by atoms with van der Waals surface area (Å²) in [4.78, 5) is 18.6. The molecule has 22 heavy (non-hydrogen) atoms. The van der Waals surface area contributed by atoms with Crippen molar-refractivity contribution in [3.8, 4) is 0 Å². The molecule has 1 amide bonds. The zero-order valence-electron chi connectivity index (χ0n) is 12.0. The molecule has 1 aliphatic rings. The van der Waals surface area contributed by atoms with Crippen molar-refractivity contribution in [1.82, 2.24) is 9.88 Å². The summed E-state index contributed by atoms with van der Waals surface area (Å²) in [5.41, 5.74) is -0.833. The third-order valence-corrected chi connectivity index (χ3v) is 3.65. The van der Waals surface area contributed by atoms with Crippen molar-refractivity contribution in [2.75, 3.05) is 38.7 Å². The van der Waals surface area contributed by atoms with E-state index in [1.54, 1.807) is 14.1 Å². The molecule has 1 aliphatic heterocycles. The van der Waals surface area contributed by atoms with Crippen molar-refractivity contribution in [1.29, 1.82) is 0 Å². The molecule has 2 heterocycles. The Hall–Kier alpha value is -1.35. The number of nitrogens with zero attached hydrogens (tertiary/aromatic N) is 3. The Morgan fingerprint density at radius 1 is 1.50 bits per heavy atom. The van der Waals surface area contributed by atoms with E-state index < -0.39 is 17.8 Å². The molecular weight excluding hydrogens is 367 g/mol. The first-order valence-corrected chi connectivity index (χ1v) is 7.30. The molecule has 0 radical (unpaired) electrons. The molecule has 9 heteroatoms. The number of halogens is 4. The Bertz CT molecular complexity index is 566. The van der Waals surface area contributed by atoms with E-state index in [1.807, 2.05) is 0 Å². The number of amides is 1. The Morgan fingerprint density at radius 2 is 2.18 bits per heavy atom. The van der Waals surface area contributed by atoms with E-state index in [0.717, 1.165) is 6.07 Å². The zero-order chi connectivity index (χ0) is 16.5. The minimum absolute atomic E-state index is 0.0364. The van der Waals surface area contributed by atoms with Gasteiger partial charge in [0.15, 0.2) is 6.10 Å². The highest BCUT2D eigenvalue weighted by Crippen LogP contribution is 2.37. The molecular formula is C13H15BrF3N3O2. The molecule has 2 rings (SSSR count). The van der Waals surface area contributed by atoms with Crippen LogP contribution in [-0.2, 0) is 15.7 Å². The van der Waals surface area contributed by atoms with Crippen molar-refractivity contribution in [3.63, 3.8) is 0 Å². The lowest BCUT2D eigenvalue weighted by atomic mass is 10.2. The lowest BCUT2D eigenvalue weighted by Crippen LogP contribution is -2.50. The van der Waals surface area contributed by atoms with Crippen LogP contribution in [0.3, 0.4) is 0 Å². The number of carbonyl (C=O) groups is 1. The number of morpholine rings is 1. The van der Waals surface area contributed by atoms with Crippen LogP contribution in [-0.4, -0.2) is 55.7 Å². The Morgan fingerprint density at radius 3 is 2.77 bits per heavy atom. The fourth-order valence-electron chi connectivity index (χ4n) is 2.17. The van der Waals surface area contributed by atoms with E-state index in [2.05, 4.69) is 20.9 Å². The molecule has 1 atom stereocenters. The number of aromatic nitrogens is 1. The van der Waals surface area contributed by atoms with Gasteiger partial charge >= 0.3 is 6.18 Å². The molecule has 1 unspecified atom stereocenters. The smallest absolute Gasteiger partial charge is 0.365 e. The van der Waals surface area contributed by atoms with Gasteiger partial charge in [-0.2, -0.15) is 13.2 Å². The number of likely N-dealkylation sites (N-methyl/N-ethyl adjacent to an activating group) is 1. The summed E-state index contributed by atoms with van der Waals surface area (Å²) in [6.45, 7) is 0.447. The summed E-state index contributed by atoms with van der Waals surface area (Å²) in [7, 11) is 3.15. The van der Waals surface area contributed by atoms with Crippen LogP contribution in [0.2, 0.25) is 0 Å². The lowest BCUT2D eigenvalue weighted by molar-refractivity contribution is -0.141. The van der Waals surface area contributed by atoms with Gasteiger partial charge in [-0.1, -0.05) is 0 Å². The van der Waals surface area contributed by atoms with Gasteiger partial charge in [0, 0.05) is 31.3 Å². The second-order valence-electron chi connectivity index (χ2n) is 5.06. The van der Waals surface area contributed by atoms with Crippen molar-refractivity contribution in [2.24, 2.45) is 0 Å². The van der Waals surface area contributed by atoms with E-state index in [1.165, 1.54) is 16.0 Å². The number of ether oxygens (including phenoxy) is 1. The molecule has 1 fully saturated rings. The lowest BCUT2D eigenvalue weighted by Gasteiger charge is -2.35. The molecule has 1 aromatic heterocycles. The summed E-state index contributed by atoms with van der Waals surface area (Å²) < 4.78 is 45.1. The molecule has 0 spiro atoms. The van der Waals surface area contributed by atoms with E-state index >= 15 is 0 Å². The van der Waals surface area contributed by atoms with Gasteiger partial charge in [0.25, 0.3) is 5.91 Å². The first-order valence-electron chi connectivity index (χ1n) is 6.50. The molecule has 1 aromatic rings. The highest BCUT2D eigenvalue weighted by atomic mass is 79.9. The highest BCUT2D eigenvalue weighted by Gasteiger charge is 2.38. The SMILES string of the molecule is CN(C)C(=O)C1CN(c2ncc(Br)cc2C(F)(F)F)CCO1. The number of hydrogen-bond donors (Lipinski definition) is 0. The molecule has 0 bridgehead atoms. The van der Waals surface area contributed by atoms with Gasteiger partial charge < -0.3 is 14.5 Å².